The molecule has 0 fully saturated rings. The van der Waals surface area contributed by atoms with E-state index >= 15 is 0 Å². The fourth-order valence-electron chi connectivity index (χ4n) is 2.46. The molecule has 0 bridgehead atoms. The fourth-order valence-corrected chi connectivity index (χ4v) is 2.46. The van der Waals surface area contributed by atoms with Crippen LogP contribution in [-0.4, -0.2) is 22.0 Å². The highest BCUT2D eigenvalue weighted by Crippen LogP contribution is 2.12. The minimum atomic E-state index is -0.0181. The van der Waals surface area contributed by atoms with Gasteiger partial charge in [-0.05, 0) is 43.7 Å². The van der Waals surface area contributed by atoms with Gasteiger partial charge >= 0.3 is 0 Å². The molecule has 2 aromatic heterocycles. The van der Waals surface area contributed by atoms with E-state index in [0.717, 1.165) is 29.6 Å². The van der Waals surface area contributed by atoms with E-state index < -0.39 is 0 Å². The van der Waals surface area contributed by atoms with Crippen molar-refractivity contribution in [2.24, 2.45) is 0 Å². The van der Waals surface area contributed by atoms with Crippen molar-refractivity contribution >= 4 is 16.9 Å². The van der Waals surface area contributed by atoms with Crippen molar-refractivity contribution in [3.63, 3.8) is 0 Å². The van der Waals surface area contributed by atoms with Crippen LogP contribution in [0.25, 0.3) is 11.0 Å². The Morgan fingerprint density at radius 3 is 2.82 bits per heavy atom. The minimum absolute atomic E-state index is 0.0181. The van der Waals surface area contributed by atoms with E-state index in [9.17, 15) is 4.79 Å². The molecule has 4 heteroatoms. The number of rotatable bonds is 5. The Morgan fingerprint density at radius 2 is 2.00 bits per heavy atom. The Kier molecular flexibility index (Phi) is 4.19. The van der Waals surface area contributed by atoms with E-state index in [2.05, 4.69) is 27.0 Å². The van der Waals surface area contributed by atoms with Gasteiger partial charge in [0.2, 0.25) is 0 Å². The summed E-state index contributed by atoms with van der Waals surface area (Å²) in [6, 6.07) is 13.7. The SMILES string of the molecule is Cc1ccc(C(=O)NCCCn2ccc3cccnc32)cc1. The Morgan fingerprint density at radius 1 is 1.18 bits per heavy atom. The summed E-state index contributed by atoms with van der Waals surface area (Å²) in [5.74, 6) is -0.0181. The van der Waals surface area contributed by atoms with Gasteiger partial charge in [-0.2, -0.15) is 0 Å². The van der Waals surface area contributed by atoms with Crippen LogP contribution in [0.1, 0.15) is 22.3 Å². The quantitative estimate of drug-likeness (QED) is 0.734. The summed E-state index contributed by atoms with van der Waals surface area (Å²) in [6.45, 7) is 3.50. The first-order valence-corrected chi connectivity index (χ1v) is 7.49. The van der Waals surface area contributed by atoms with E-state index in [1.807, 2.05) is 43.5 Å². The van der Waals surface area contributed by atoms with Gasteiger partial charge in [-0.25, -0.2) is 4.98 Å². The van der Waals surface area contributed by atoms with Crippen LogP contribution in [0.15, 0.2) is 54.9 Å². The summed E-state index contributed by atoms with van der Waals surface area (Å²) in [5, 5.41) is 4.10. The van der Waals surface area contributed by atoms with Crippen molar-refractivity contribution in [2.45, 2.75) is 19.9 Å². The number of aromatic nitrogens is 2. The number of carbonyl (C=O) groups is 1. The Balaban J connectivity index is 1.51. The van der Waals surface area contributed by atoms with Crippen LogP contribution in [0.3, 0.4) is 0 Å². The van der Waals surface area contributed by atoms with Gasteiger partial charge in [0.15, 0.2) is 0 Å². The molecule has 3 aromatic rings. The topological polar surface area (TPSA) is 46.9 Å². The molecule has 0 saturated carbocycles. The maximum absolute atomic E-state index is 12.0. The lowest BCUT2D eigenvalue weighted by Gasteiger charge is -2.07. The number of nitrogens with zero attached hydrogens (tertiary/aromatic N) is 2. The number of pyridine rings is 1. The molecule has 0 atom stereocenters. The molecule has 1 N–H and O–H groups in total. The predicted octanol–water partition coefficient (Wildman–Crippen LogP) is 3.16. The highest BCUT2D eigenvalue weighted by Gasteiger charge is 2.04. The van der Waals surface area contributed by atoms with Crippen LogP contribution in [0.4, 0.5) is 0 Å². The molecule has 4 nitrogen and oxygen atoms in total. The van der Waals surface area contributed by atoms with Crippen LogP contribution in [0.2, 0.25) is 0 Å². The maximum atomic E-state index is 12.0. The lowest BCUT2D eigenvalue weighted by atomic mass is 10.1. The molecule has 0 radical (unpaired) electrons. The maximum Gasteiger partial charge on any atom is 0.251 e. The number of hydrogen-bond acceptors (Lipinski definition) is 2. The molecule has 0 aliphatic heterocycles. The van der Waals surface area contributed by atoms with Crippen LogP contribution in [0.5, 0.6) is 0 Å². The summed E-state index contributed by atoms with van der Waals surface area (Å²) in [6.07, 6.45) is 4.72. The zero-order valence-corrected chi connectivity index (χ0v) is 12.6. The molecule has 0 saturated heterocycles. The molecule has 112 valence electrons. The van der Waals surface area contributed by atoms with Gasteiger partial charge in [-0.15, -0.1) is 0 Å². The van der Waals surface area contributed by atoms with Crippen LogP contribution >= 0.6 is 0 Å². The molecule has 0 spiro atoms. The van der Waals surface area contributed by atoms with E-state index in [-0.39, 0.29) is 5.91 Å². The van der Waals surface area contributed by atoms with Crippen LogP contribution in [-0.2, 0) is 6.54 Å². The molecule has 1 amide bonds. The van der Waals surface area contributed by atoms with Gasteiger partial charge in [-0.1, -0.05) is 17.7 Å². The number of nitrogens with one attached hydrogen (secondary N) is 1. The summed E-state index contributed by atoms with van der Waals surface area (Å²) in [4.78, 5) is 16.4. The molecule has 22 heavy (non-hydrogen) atoms. The molecule has 0 aliphatic carbocycles. The third-order valence-corrected chi connectivity index (χ3v) is 3.70. The Bertz CT molecular complexity index is 774. The van der Waals surface area contributed by atoms with Crippen molar-refractivity contribution < 1.29 is 4.79 Å². The van der Waals surface area contributed by atoms with Crippen molar-refractivity contribution in [1.82, 2.24) is 14.9 Å². The molecule has 0 aliphatic rings. The lowest BCUT2D eigenvalue weighted by Crippen LogP contribution is -2.25. The lowest BCUT2D eigenvalue weighted by molar-refractivity contribution is 0.0953. The van der Waals surface area contributed by atoms with Crippen molar-refractivity contribution in [3.05, 3.63) is 66.0 Å². The summed E-state index contributed by atoms with van der Waals surface area (Å²) >= 11 is 0. The van der Waals surface area contributed by atoms with Crippen LogP contribution < -0.4 is 5.32 Å². The molecular formula is C18H19N3O. The molecule has 0 unspecified atom stereocenters. The smallest absolute Gasteiger partial charge is 0.251 e. The number of aryl methyl sites for hydroxylation is 2. The fraction of sp³-hybridized carbons (Fsp3) is 0.222. The van der Waals surface area contributed by atoms with Crippen LogP contribution in [0, 0.1) is 6.92 Å². The standard InChI is InChI=1S/C18H19N3O/c1-14-5-7-16(8-6-14)18(22)20-11-3-12-21-13-9-15-4-2-10-19-17(15)21/h2,4-10,13H,3,11-12H2,1H3,(H,20,22). The second-order valence-corrected chi connectivity index (χ2v) is 5.40. The van der Waals surface area contributed by atoms with Gasteiger partial charge in [0.1, 0.15) is 5.65 Å². The first-order valence-electron chi connectivity index (χ1n) is 7.49. The normalized spacial score (nSPS) is 10.8. The molecule has 1 aromatic carbocycles. The zero-order valence-electron chi connectivity index (χ0n) is 12.6. The van der Waals surface area contributed by atoms with Gasteiger partial charge in [0.25, 0.3) is 5.91 Å². The highest BCUT2D eigenvalue weighted by molar-refractivity contribution is 5.94. The first kappa shape index (κ1) is 14.3. The largest absolute Gasteiger partial charge is 0.352 e. The third-order valence-electron chi connectivity index (χ3n) is 3.70. The average Bonchev–Trinajstić information content (AvgIpc) is 2.95. The highest BCUT2D eigenvalue weighted by atomic mass is 16.1. The second-order valence-electron chi connectivity index (χ2n) is 5.40. The van der Waals surface area contributed by atoms with Gasteiger partial charge in [-0.3, -0.25) is 4.79 Å². The summed E-state index contributed by atoms with van der Waals surface area (Å²) < 4.78 is 2.12. The average molecular weight is 293 g/mol. The number of fused-ring (bicyclic) bond motifs is 1. The van der Waals surface area contributed by atoms with E-state index in [4.69, 9.17) is 0 Å². The predicted molar refractivity (Wildman–Crippen MR) is 87.9 cm³/mol. The molecule has 3 rings (SSSR count). The van der Waals surface area contributed by atoms with E-state index in [1.165, 1.54) is 0 Å². The number of benzene rings is 1. The molecular weight excluding hydrogens is 274 g/mol. The van der Waals surface area contributed by atoms with Crippen molar-refractivity contribution in [1.29, 1.82) is 0 Å². The van der Waals surface area contributed by atoms with Gasteiger partial charge in [0, 0.05) is 36.4 Å². The van der Waals surface area contributed by atoms with Crippen molar-refractivity contribution in [2.75, 3.05) is 6.54 Å². The monoisotopic (exact) mass is 293 g/mol. The third kappa shape index (κ3) is 3.17. The Hall–Kier alpha value is -2.62. The van der Waals surface area contributed by atoms with Crippen molar-refractivity contribution in [3.8, 4) is 0 Å². The number of carbonyl (C=O) groups excluding carboxylic acids is 1. The van der Waals surface area contributed by atoms with Gasteiger partial charge in [0.05, 0.1) is 0 Å². The first-order chi connectivity index (χ1) is 10.7. The summed E-state index contributed by atoms with van der Waals surface area (Å²) in [5.41, 5.74) is 2.86. The minimum Gasteiger partial charge on any atom is -0.352 e. The number of hydrogen-bond donors (Lipinski definition) is 1. The van der Waals surface area contributed by atoms with Gasteiger partial charge < -0.3 is 9.88 Å². The molecule has 2 heterocycles. The zero-order chi connectivity index (χ0) is 15.4. The van der Waals surface area contributed by atoms with E-state index in [0.29, 0.717) is 12.1 Å². The number of amides is 1. The Labute approximate surface area is 129 Å². The summed E-state index contributed by atoms with van der Waals surface area (Å²) in [7, 11) is 0. The van der Waals surface area contributed by atoms with E-state index in [1.54, 1.807) is 6.20 Å². The second kappa shape index (κ2) is 6.43.